The van der Waals surface area contributed by atoms with E-state index < -0.39 is 26.4 Å². The fourth-order valence-corrected chi connectivity index (χ4v) is 4.09. The van der Waals surface area contributed by atoms with Gasteiger partial charge in [0.05, 0.1) is 16.4 Å². The molecule has 114 valence electrons. The van der Waals surface area contributed by atoms with Crippen LogP contribution in [0.15, 0.2) is 18.2 Å². The predicted molar refractivity (Wildman–Crippen MR) is 73.9 cm³/mol. The number of benzene rings is 1. The Morgan fingerprint density at radius 2 is 2.19 bits per heavy atom. The second-order valence-electron chi connectivity index (χ2n) is 4.94. The maximum absolute atomic E-state index is 12.0. The van der Waals surface area contributed by atoms with Crippen molar-refractivity contribution in [1.82, 2.24) is 5.32 Å². The molecular formula is C12H14N2O6S. The Morgan fingerprint density at radius 3 is 2.76 bits per heavy atom. The summed E-state index contributed by atoms with van der Waals surface area (Å²) < 4.78 is 22.6. The van der Waals surface area contributed by atoms with Crippen LogP contribution in [0.25, 0.3) is 0 Å². The number of sulfone groups is 1. The molecule has 0 radical (unpaired) electrons. The lowest BCUT2D eigenvalue weighted by Crippen LogP contribution is -2.30. The average molecular weight is 314 g/mol. The zero-order chi connectivity index (χ0) is 15.6. The lowest BCUT2D eigenvalue weighted by atomic mass is 10.1. The van der Waals surface area contributed by atoms with Crippen LogP contribution in [0.3, 0.4) is 0 Å². The summed E-state index contributed by atoms with van der Waals surface area (Å²) >= 11 is 0. The number of hydrogen-bond acceptors (Lipinski definition) is 6. The number of amides is 1. The summed E-state index contributed by atoms with van der Waals surface area (Å²) in [5.41, 5.74) is -0.662. The van der Waals surface area contributed by atoms with Gasteiger partial charge in [-0.1, -0.05) is 0 Å². The Balaban J connectivity index is 2.07. The van der Waals surface area contributed by atoms with Crippen molar-refractivity contribution >= 4 is 21.4 Å². The Bertz CT molecular complexity index is 685. The second kappa shape index (κ2) is 5.68. The van der Waals surface area contributed by atoms with Crippen molar-refractivity contribution in [1.29, 1.82) is 0 Å². The first-order valence-electron chi connectivity index (χ1n) is 6.24. The van der Waals surface area contributed by atoms with E-state index in [9.17, 15) is 28.4 Å². The van der Waals surface area contributed by atoms with Crippen LogP contribution in [0.2, 0.25) is 0 Å². The fraction of sp³-hybridized carbons (Fsp3) is 0.417. The van der Waals surface area contributed by atoms with Gasteiger partial charge in [-0.15, -0.1) is 0 Å². The summed E-state index contributed by atoms with van der Waals surface area (Å²) in [6.07, 6.45) is 0.463. The molecule has 1 aliphatic heterocycles. The standard InChI is InChI=1S/C12H14N2O6S/c15-9-1-2-11(14(17)18)10(5-9)12(16)13-6-8-3-4-21(19,20)7-8/h1-2,5,8,15H,3-4,6-7H2,(H,13,16). The number of nitro benzene ring substituents is 1. The summed E-state index contributed by atoms with van der Waals surface area (Å²) in [6.45, 7) is 0.130. The number of carbonyl (C=O) groups excluding carboxylic acids is 1. The van der Waals surface area contributed by atoms with E-state index in [-0.39, 0.29) is 35.3 Å². The third-order valence-corrected chi connectivity index (χ3v) is 5.14. The zero-order valence-electron chi connectivity index (χ0n) is 11.0. The van der Waals surface area contributed by atoms with Gasteiger partial charge in [0.25, 0.3) is 11.6 Å². The normalized spacial score (nSPS) is 20.1. The number of nitro groups is 1. The minimum atomic E-state index is -3.04. The number of nitrogens with one attached hydrogen (secondary N) is 1. The van der Waals surface area contributed by atoms with E-state index in [0.29, 0.717) is 6.42 Å². The molecule has 0 saturated carbocycles. The quantitative estimate of drug-likeness (QED) is 0.614. The van der Waals surface area contributed by atoms with Crippen LogP contribution >= 0.6 is 0 Å². The molecule has 1 aromatic carbocycles. The van der Waals surface area contributed by atoms with Gasteiger partial charge in [-0.2, -0.15) is 0 Å². The fourth-order valence-electron chi connectivity index (χ4n) is 2.23. The van der Waals surface area contributed by atoms with Gasteiger partial charge in [-0.25, -0.2) is 8.42 Å². The Kier molecular flexibility index (Phi) is 4.12. The number of hydrogen-bond donors (Lipinski definition) is 2. The Morgan fingerprint density at radius 1 is 1.48 bits per heavy atom. The first kappa shape index (κ1) is 15.2. The molecule has 1 atom stereocenters. The van der Waals surface area contributed by atoms with Crippen LogP contribution < -0.4 is 5.32 Å². The van der Waals surface area contributed by atoms with Gasteiger partial charge < -0.3 is 10.4 Å². The topological polar surface area (TPSA) is 127 Å². The van der Waals surface area contributed by atoms with Crippen molar-refractivity contribution in [3.05, 3.63) is 33.9 Å². The van der Waals surface area contributed by atoms with Crippen molar-refractivity contribution < 1.29 is 23.2 Å². The van der Waals surface area contributed by atoms with E-state index in [1.54, 1.807) is 0 Å². The number of aromatic hydroxyl groups is 1. The third kappa shape index (κ3) is 3.69. The van der Waals surface area contributed by atoms with Crippen LogP contribution in [0.5, 0.6) is 5.75 Å². The smallest absolute Gasteiger partial charge is 0.282 e. The molecular weight excluding hydrogens is 300 g/mol. The van der Waals surface area contributed by atoms with E-state index in [2.05, 4.69) is 5.32 Å². The minimum absolute atomic E-state index is 0.00934. The van der Waals surface area contributed by atoms with Crippen LogP contribution in [0, 0.1) is 16.0 Å². The summed E-state index contributed by atoms with van der Waals surface area (Å²) in [5.74, 6) is -1.04. The molecule has 1 aromatic rings. The highest BCUT2D eigenvalue weighted by atomic mass is 32.2. The molecule has 0 aromatic heterocycles. The summed E-state index contributed by atoms with van der Waals surface area (Å²) in [4.78, 5) is 22.1. The lowest BCUT2D eigenvalue weighted by molar-refractivity contribution is -0.385. The van der Waals surface area contributed by atoms with E-state index in [0.717, 1.165) is 18.2 Å². The predicted octanol–water partition coefficient (Wildman–Crippen LogP) is 0.465. The van der Waals surface area contributed by atoms with Gasteiger partial charge >= 0.3 is 0 Å². The SMILES string of the molecule is O=C(NCC1CCS(=O)(=O)C1)c1cc(O)ccc1[N+](=O)[O-]. The molecule has 0 spiro atoms. The van der Waals surface area contributed by atoms with Gasteiger partial charge in [0.1, 0.15) is 11.3 Å². The van der Waals surface area contributed by atoms with E-state index in [4.69, 9.17) is 0 Å². The molecule has 21 heavy (non-hydrogen) atoms. The van der Waals surface area contributed by atoms with Crippen LogP contribution in [0.1, 0.15) is 16.8 Å². The van der Waals surface area contributed by atoms with Crippen LogP contribution in [-0.4, -0.2) is 42.4 Å². The highest BCUT2D eigenvalue weighted by Crippen LogP contribution is 2.23. The largest absolute Gasteiger partial charge is 0.508 e. The first-order chi connectivity index (χ1) is 9.78. The zero-order valence-corrected chi connectivity index (χ0v) is 11.8. The molecule has 1 unspecified atom stereocenters. The van der Waals surface area contributed by atoms with Crippen molar-refractivity contribution in [2.75, 3.05) is 18.1 Å². The summed E-state index contributed by atoms with van der Waals surface area (Å²) in [7, 11) is -3.04. The average Bonchev–Trinajstić information content (AvgIpc) is 2.75. The van der Waals surface area contributed by atoms with Crippen molar-refractivity contribution in [2.45, 2.75) is 6.42 Å². The highest BCUT2D eigenvalue weighted by molar-refractivity contribution is 7.91. The van der Waals surface area contributed by atoms with Gasteiger partial charge in [0.2, 0.25) is 0 Å². The van der Waals surface area contributed by atoms with Crippen molar-refractivity contribution in [2.24, 2.45) is 5.92 Å². The maximum Gasteiger partial charge on any atom is 0.282 e. The summed E-state index contributed by atoms with van der Waals surface area (Å²) in [5, 5.41) is 22.7. The minimum Gasteiger partial charge on any atom is -0.508 e. The molecule has 0 aliphatic carbocycles. The number of phenols is 1. The number of nitrogens with zero attached hydrogens (tertiary/aromatic N) is 1. The molecule has 2 rings (SSSR count). The van der Waals surface area contributed by atoms with E-state index in [1.807, 2.05) is 0 Å². The number of carbonyl (C=O) groups is 1. The second-order valence-corrected chi connectivity index (χ2v) is 7.17. The van der Waals surface area contributed by atoms with Crippen molar-refractivity contribution in [3.8, 4) is 5.75 Å². The molecule has 1 amide bonds. The molecule has 8 nitrogen and oxygen atoms in total. The molecule has 1 aliphatic rings. The van der Waals surface area contributed by atoms with Gasteiger partial charge in [-0.3, -0.25) is 14.9 Å². The van der Waals surface area contributed by atoms with Crippen molar-refractivity contribution in [3.63, 3.8) is 0 Å². The molecule has 2 N–H and O–H groups in total. The van der Waals surface area contributed by atoms with Crippen LogP contribution in [0.4, 0.5) is 5.69 Å². The molecule has 0 bridgehead atoms. The van der Waals surface area contributed by atoms with Gasteiger partial charge in [-0.05, 0) is 24.5 Å². The monoisotopic (exact) mass is 314 g/mol. The third-order valence-electron chi connectivity index (χ3n) is 3.30. The van der Waals surface area contributed by atoms with Crippen LogP contribution in [-0.2, 0) is 9.84 Å². The van der Waals surface area contributed by atoms with Gasteiger partial charge in [0.15, 0.2) is 9.84 Å². The Labute approximate surface area is 120 Å². The van der Waals surface area contributed by atoms with Gasteiger partial charge in [0, 0.05) is 12.6 Å². The first-order valence-corrected chi connectivity index (χ1v) is 8.06. The molecule has 1 saturated heterocycles. The summed E-state index contributed by atoms with van der Waals surface area (Å²) in [6, 6.07) is 3.18. The maximum atomic E-state index is 12.0. The highest BCUT2D eigenvalue weighted by Gasteiger charge is 2.29. The Hall–Kier alpha value is -2.16. The van der Waals surface area contributed by atoms with E-state index in [1.165, 1.54) is 0 Å². The lowest BCUT2D eigenvalue weighted by Gasteiger charge is -2.10. The molecule has 9 heteroatoms. The molecule has 1 fully saturated rings. The number of rotatable bonds is 4. The molecule has 1 heterocycles. The number of phenolic OH excluding ortho intramolecular Hbond substituents is 1. The van der Waals surface area contributed by atoms with E-state index >= 15 is 0 Å².